The molecule has 2 fully saturated rings. The quantitative estimate of drug-likeness (QED) is 0.704. The number of hydrogen-bond donors (Lipinski definition) is 0. The normalized spacial score (nSPS) is 18.6. The summed E-state index contributed by atoms with van der Waals surface area (Å²) in [5.41, 5.74) is 1.00. The highest BCUT2D eigenvalue weighted by Crippen LogP contribution is 2.29. The number of ether oxygens (including phenoxy) is 1. The van der Waals surface area contributed by atoms with Crippen LogP contribution in [-0.4, -0.2) is 79.1 Å². The highest BCUT2D eigenvalue weighted by molar-refractivity contribution is 7.22. The number of carbonyl (C=O) groups excluding carboxylic acids is 2. The summed E-state index contributed by atoms with van der Waals surface area (Å²) >= 11 is 1.66. The molecule has 0 unspecified atom stereocenters. The SMILES string of the molecule is O=C(C(=O)N1CCN(c2nc3ccccc3s2)CC1)N1CCOCC1. The summed E-state index contributed by atoms with van der Waals surface area (Å²) in [5, 5.41) is 0.979. The van der Waals surface area contributed by atoms with Crippen molar-refractivity contribution < 1.29 is 14.3 Å². The van der Waals surface area contributed by atoms with E-state index in [0.29, 0.717) is 52.5 Å². The van der Waals surface area contributed by atoms with Gasteiger partial charge in [-0.25, -0.2) is 4.98 Å². The molecule has 0 N–H and O–H groups in total. The minimum Gasteiger partial charge on any atom is -0.378 e. The first kappa shape index (κ1) is 16.3. The van der Waals surface area contributed by atoms with Gasteiger partial charge in [0.1, 0.15) is 0 Å². The summed E-state index contributed by atoms with van der Waals surface area (Å²) in [6, 6.07) is 8.07. The minimum absolute atomic E-state index is 0.397. The molecule has 3 heterocycles. The maximum absolute atomic E-state index is 12.4. The zero-order chi connectivity index (χ0) is 17.2. The molecule has 2 amide bonds. The highest BCUT2D eigenvalue weighted by Gasteiger charge is 2.30. The van der Waals surface area contributed by atoms with Crippen molar-refractivity contribution in [3.05, 3.63) is 24.3 Å². The molecule has 0 spiro atoms. The van der Waals surface area contributed by atoms with Crippen molar-refractivity contribution in [1.29, 1.82) is 0 Å². The Bertz CT molecular complexity index is 746. The number of anilines is 1. The summed E-state index contributed by atoms with van der Waals surface area (Å²) in [5.74, 6) is -0.803. The van der Waals surface area contributed by atoms with Gasteiger partial charge in [0, 0.05) is 39.3 Å². The van der Waals surface area contributed by atoms with Gasteiger partial charge in [0.25, 0.3) is 0 Å². The van der Waals surface area contributed by atoms with E-state index < -0.39 is 11.8 Å². The molecule has 0 bridgehead atoms. The first-order valence-corrected chi connectivity index (χ1v) is 9.30. The molecule has 2 aliphatic heterocycles. The van der Waals surface area contributed by atoms with Gasteiger partial charge in [-0.1, -0.05) is 23.5 Å². The first-order valence-electron chi connectivity index (χ1n) is 8.49. The molecule has 0 saturated carbocycles. The lowest BCUT2D eigenvalue weighted by atomic mass is 10.3. The van der Waals surface area contributed by atoms with E-state index in [1.165, 1.54) is 4.70 Å². The van der Waals surface area contributed by atoms with Crippen molar-refractivity contribution in [3.63, 3.8) is 0 Å². The number of nitrogens with zero attached hydrogens (tertiary/aromatic N) is 4. The van der Waals surface area contributed by atoms with E-state index in [0.717, 1.165) is 10.6 Å². The molecule has 2 saturated heterocycles. The van der Waals surface area contributed by atoms with Gasteiger partial charge in [0.05, 0.1) is 23.4 Å². The predicted octanol–water partition coefficient (Wildman–Crippen LogP) is 0.804. The number of carbonyl (C=O) groups is 2. The van der Waals surface area contributed by atoms with Crippen LogP contribution in [0.25, 0.3) is 10.2 Å². The van der Waals surface area contributed by atoms with Crippen molar-refractivity contribution in [2.24, 2.45) is 0 Å². The number of piperazine rings is 1. The van der Waals surface area contributed by atoms with Crippen LogP contribution in [0.5, 0.6) is 0 Å². The van der Waals surface area contributed by atoms with Crippen LogP contribution in [0.15, 0.2) is 24.3 Å². The highest BCUT2D eigenvalue weighted by atomic mass is 32.1. The number of benzene rings is 1. The fraction of sp³-hybridized carbons (Fsp3) is 0.471. The number of aromatic nitrogens is 1. The number of para-hydroxylation sites is 1. The molecule has 25 heavy (non-hydrogen) atoms. The summed E-state index contributed by atoms with van der Waals surface area (Å²) in [7, 11) is 0. The van der Waals surface area contributed by atoms with E-state index in [1.807, 2.05) is 18.2 Å². The minimum atomic E-state index is -0.406. The molecule has 1 aromatic carbocycles. The molecule has 1 aromatic heterocycles. The number of fused-ring (bicyclic) bond motifs is 1. The molecule has 7 nitrogen and oxygen atoms in total. The Labute approximate surface area is 149 Å². The van der Waals surface area contributed by atoms with Gasteiger partial charge in [-0.05, 0) is 12.1 Å². The number of morpholine rings is 1. The van der Waals surface area contributed by atoms with Crippen molar-refractivity contribution >= 4 is 38.5 Å². The first-order chi connectivity index (χ1) is 12.2. The average Bonchev–Trinajstić information content (AvgIpc) is 3.12. The number of thiazole rings is 1. The van der Waals surface area contributed by atoms with Crippen LogP contribution < -0.4 is 4.90 Å². The molecule has 0 aliphatic carbocycles. The number of amides is 2. The van der Waals surface area contributed by atoms with E-state index >= 15 is 0 Å². The second-order valence-corrected chi connectivity index (χ2v) is 7.16. The third kappa shape index (κ3) is 3.32. The fourth-order valence-corrected chi connectivity index (χ4v) is 4.15. The Balaban J connectivity index is 1.37. The van der Waals surface area contributed by atoms with Crippen molar-refractivity contribution in [3.8, 4) is 0 Å². The zero-order valence-electron chi connectivity index (χ0n) is 13.9. The average molecular weight is 360 g/mol. The van der Waals surface area contributed by atoms with Gasteiger partial charge < -0.3 is 19.4 Å². The molecular formula is C17H20N4O3S. The summed E-state index contributed by atoms with van der Waals surface area (Å²) in [6.07, 6.45) is 0. The molecule has 8 heteroatoms. The topological polar surface area (TPSA) is 66.0 Å². The van der Waals surface area contributed by atoms with Gasteiger partial charge >= 0.3 is 11.8 Å². The third-order valence-electron chi connectivity index (χ3n) is 4.60. The lowest BCUT2D eigenvalue weighted by Gasteiger charge is -2.35. The second-order valence-electron chi connectivity index (χ2n) is 6.15. The lowest BCUT2D eigenvalue weighted by molar-refractivity contribution is -0.154. The Morgan fingerprint density at radius 2 is 1.56 bits per heavy atom. The Kier molecular flexibility index (Phi) is 4.54. The van der Waals surface area contributed by atoms with Crippen LogP contribution in [-0.2, 0) is 14.3 Å². The zero-order valence-corrected chi connectivity index (χ0v) is 14.7. The molecule has 0 radical (unpaired) electrons. The summed E-state index contributed by atoms with van der Waals surface area (Å²) in [6.45, 7) is 4.49. The molecule has 2 aromatic rings. The summed E-state index contributed by atoms with van der Waals surface area (Å²) in [4.78, 5) is 34.9. The van der Waals surface area contributed by atoms with Gasteiger partial charge in [0.2, 0.25) is 0 Å². The van der Waals surface area contributed by atoms with E-state index in [1.54, 1.807) is 21.1 Å². The van der Waals surface area contributed by atoms with Crippen molar-refractivity contribution in [2.45, 2.75) is 0 Å². The standard InChI is InChI=1S/C17H20N4O3S/c22-15(16(23)20-9-11-24-12-10-20)19-5-7-21(8-6-19)17-18-13-3-1-2-4-14(13)25-17/h1-4H,5-12H2. The second kappa shape index (κ2) is 6.97. The third-order valence-corrected chi connectivity index (χ3v) is 5.70. The summed E-state index contributed by atoms with van der Waals surface area (Å²) < 4.78 is 6.40. The van der Waals surface area contributed by atoms with Crippen LogP contribution >= 0.6 is 11.3 Å². The molecule has 4 rings (SSSR count). The molecule has 132 valence electrons. The molecule has 2 aliphatic rings. The van der Waals surface area contributed by atoms with E-state index in [-0.39, 0.29) is 0 Å². The van der Waals surface area contributed by atoms with Gasteiger partial charge in [-0.2, -0.15) is 0 Å². The van der Waals surface area contributed by atoms with Crippen molar-refractivity contribution in [1.82, 2.24) is 14.8 Å². The van der Waals surface area contributed by atoms with Gasteiger partial charge in [-0.15, -0.1) is 0 Å². The van der Waals surface area contributed by atoms with E-state index in [4.69, 9.17) is 4.74 Å². The number of rotatable bonds is 1. The van der Waals surface area contributed by atoms with Gasteiger partial charge in [-0.3, -0.25) is 9.59 Å². The van der Waals surface area contributed by atoms with Gasteiger partial charge in [0.15, 0.2) is 5.13 Å². The Morgan fingerprint density at radius 1 is 0.920 bits per heavy atom. The maximum Gasteiger partial charge on any atom is 0.312 e. The predicted molar refractivity (Wildman–Crippen MR) is 95.8 cm³/mol. The van der Waals surface area contributed by atoms with Crippen LogP contribution in [0, 0.1) is 0 Å². The Morgan fingerprint density at radius 3 is 2.24 bits per heavy atom. The van der Waals surface area contributed by atoms with Crippen LogP contribution in [0.1, 0.15) is 0 Å². The molecular weight excluding hydrogens is 340 g/mol. The van der Waals surface area contributed by atoms with E-state index in [9.17, 15) is 9.59 Å². The monoisotopic (exact) mass is 360 g/mol. The van der Waals surface area contributed by atoms with Crippen molar-refractivity contribution in [2.75, 3.05) is 57.4 Å². The van der Waals surface area contributed by atoms with Crippen LogP contribution in [0.4, 0.5) is 5.13 Å². The Hall–Kier alpha value is -2.19. The largest absolute Gasteiger partial charge is 0.378 e. The number of hydrogen-bond acceptors (Lipinski definition) is 6. The lowest BCUT2D eigenvalue weighted by Crippen LogP contribution is -2.54. The smallest absolute Gasteiger partial charge is 0.312 e. The maximum atomic E-state index is 12.4. The van der Waals surface area contributed by atoms with E-state index in [2.05, 4.69) is 16.0 Å². The molecule has 0 atom stereocenters. The van der Waals surface area contributed by atoms with Crippen LogP contribution in [0.3, 0.4) is 0 Å². The van der Waals surface area contributed by atoms with Crippen LogP contribution in [0.2, 0.25) is 0 Å². The fourth-order valence-electron chi connectivity index (χ4n) is 3.13.